The molecule has 1 aliphatic carbocycles. The Kier molecular flexibility index (Phi) is 8.91. The maximum absolute atomic E-state index is 13.3. The molecule has 1 saturated carbocycles. The second kappa shape index (κ2) is 11.8. The van der Waals surface area contributed by atoms with E-state index in [9.17, 15) is 26.3 Å². The molecular formula is C29H29F6N2PS. The Morgan fingerprint density at radius 3 is 1.77 bits per heavy atom. The lowest BCUT2D eigenvalue weighted by Gasteiger charge is -2.36. The van der Waals surface area contributed by atoms with E-state index in [0.29, 0.717) is 23.7 Å². The first-order chi connectivity index (χ1) is 18.3. The van der Waals surface area contributed by atoms with Crippen LogP contribution in [0.2, 0.25) is 0 Å². The van der Waals surface area contributed by atoms with E-state index in [2.05, 4.69) is 41.8 Å². The van der Waals surface area contributed by atoms with Gasteiger partial charge in [-0.15, -0.1) is 0 Å². The van der Waals surface area contributed by atoms with Crippen LogP contribution < -0.4 is 21.2 Å². The highest BCUT2D eigenvalue weighted by atomic mass is 32.1. The molecule has 3 aromatic rings. The molecule has 4 rings (SSSR count). The number of halogens is 6. The molecule has 0 bridgehead atoms. The number of thiocarbonyl (C=S) groups is 1. The first kappa shape index (κ1) is 29.3. The number of benzene rings is 3. The van der Waals surface area contributed by atoms with Gasteiger partial charge in [0.25, 0.3) is 0 Å². The van der Waals surface area contributed by atoms with Gasteiger partial charge in [-0.3, -0.25) is 0 Å². The quantitative estimate of drug-likeness (QED) is 0.175. The summed E-state index contributed by atoms with van der Waals surface area (Å²) in [5, 5.41) is 8.24. The van der Waals surface area contributed by atoms with E-state index in [0.717, 1.165) is 12.8 Å². The van der Waals surface area contributed by atoms with Crippen LogP contribution in [0.4, 0.5) is 32.0 Å². The van der Waals surface area contributed by atoms with Gasteiger partial charge in [0.15, 0.2) is 5.11 Å². The highest BCUT2D eigenvalue weighted by molar-refractivity contribution is 7.80. The van der Waals surface area contributed by atoms with E-state index in [4.69, 9.17) is 12.2 Å². The molecule has 2 nitrogen and oxygen atoms in total. The third-order valence-electron chi connectivity index (χ3n) is 7.19. The first-order valence-corrected chi connectivity index (χ1v) is 14.4. The van der Waals surface area contributed by atoms with E-state index in [1.54, 1.807) is 0 Å². The average Bonchev–Trinajstić information content (AvgIpc) is 3.25. The molecule has 0 aromatic heterocycles. The predicted molar refractivity (Wildman–Crippen MR) is 150 cm³/mol. The number of hydrogen-bond acceptors (Lipinski definition) is 1. The number of rotatable bonds is 6. The minimum atomic E-state index is -4.93. The Hall–Kier alpha value is -2.64. The van der Waals surface area contributed by atoms with Gasteiger partial charge >= 0.3 is 12.4 Å². The summed E-state index contributed by atoms with van der Waals surface area (Å²) in [5.74, 6) is 0.614. The lowest BCUT2D eigenvalue weighted by atomic mass is 9.98. The van der Waals surface area contributed by atoms with Crippen molar-refractivity contribution in [3.63, 3.8) is 0 Å². The van der Waals surface area contributed by atoms with Crippen LogP contribution in [0.3, 0.4) is 0 Å². The maximum atomic E-state index is 13.3. The molecule has 1 aliphatic rings. The van der Waals surface area contributed by atoms with Gasteiger partial charge in [0.1, 0.15) is 0 Å². The van der Waals surface area contributed by atoms with Gasteiger partial charge in [0.2, 0.25) is 0 Å². The van der Waals surface area contributed by atoms with Crippen molar-refractivity contribution in [1.29, 1.82) is 0 Å². The van der Waals surface area contributed by atoms with Crippen LogP contribution in [0.25, 0.3) is 0 Å². The molecule has 4 atom stereocenters. The van der Waals surface area contributed by atoms with Gasteiger partial charge in [-0.1, -0.05) is 67.6 Å². The topological polar surface area (TPSA) is 24.1 Å². The predicted octanol–water partition coefficient (Wildman–Crippen LogP) is 7.95. The van der Waals surface area contributed by atoms with E-state index in [-0.39, 0.29) is 28.8 Å². The summed E-state index contributed by atoms with van der Waals surface area (Å²) in [7, 11) is -0.725. The van der Waals surface area contributed by atoms with Crippen LogP contribution in [0, 0.1) is 11.8 Å². The van der Waals surface area contributed by atoms with Crippen LogP contribution in [-0.2, 0) is 12.4 Å². The molecule has 1 fully saturated rings. The van der Waals surface area contributed by atoms with Crippen molar-refractivity contribution >= 4 is 41.5 Å². The number of hydrogen-bond donors (Lipinski definition) is 2. The third kappa shape index (κ3) is 7.12. The Morgan fingerprint density at radius 1 is 0.821 bits per heavy atom. The smallest absolute Gasteiger partial charge is 0.360 e. The molecule has 1 unspecified atom stereocenters. The Morgan fingerprint density at radius 2 is 1.31 bits per heavy atom. The standard InChI is InChI=1S/C29H29F6N2PS/c1-18-13-14-25(26(18)38(23-9-5-3-6-10-23)24-11-7-4-8-12-24)19(2)36-27(39)37-22-16-20(28(30,31)32)15-21(17-22)29(33,34)35/h3-12,15-19,25-26H,13-14H2,1-2H3,(H2,36,37,39)/t18?,19-,25+,26+/m0/s1. The second-order valence-electron chi connectivity index (χ2n) is 9.93. The zero-order valence-electron chi connectivity index (χ0n) is 21.4. The highest BCUT2D eigenvalue weighted by Gasteiger charge is 2.42. The maximum Gasteiger partial charge on any atom is 0.416 e. The average molecular weight is 583 g/mol. The zero-order valence-corrected chi connectivity index (χ0v) is 23.1. The first-order valence-electron chi connectivity index (χ1n) is 12.6. The molecule has 39 heavy (non-hydrogen) atoms. The van der Waals surface area contributed by atoms with E-state index in [1.807, 2.05) is 43.3 Å². The number of alkyl halides is 6. The Balaban J connectivity index is 1.56. The van der Waals surface area contributed by atoms with Gasteiger partial charge < -0.3 is 10.6 Å². The van der Waals surface area contributed by atoms with Crippen LogP contribution >= 0.6 is 20.1 Å². The molecule has 0 saturated heterocycles. The van der Waals surface area contributed by atoms with Gasteiger partial charge in [0.05, 0.1) is 11.1 Å². The third-order valence-corrected chi connectivity index (χ3v) is 10.6. The van der Waals surface area contributed by atoms with E-state index < -0.39 is 31.4 Å². The van der Waals surface area contributed by atoms with Crippen molar-refractivity contribution in [3.8, 4) is 0 Å². The highest BCUT2D eigenvalue weighted by Crippen LogP contribution is 2.53. The second-order valence-corrected chi connectivity index (χ2v) is 12.7. The molecule has 208 valence electrons. The number of nitrogens with one attached hydrogen (secondary N) is 2. The molecule has 0 spiro atoms. The van der Waals surface area contributed by atoms with Crippen molar-refractivity contribution in [2.24, 2.45) is 11.8 Å². The van der Waals surface area contributed by atoms with Crippen LogP contribution in [0.1, 0.15) is 37.8 Å². The molecule has 0 amide bonds. The Bertz CT molecular complexity index is 1190. The van der Waals surface area contributed by atoms with Crippen molar-refractivity contribution < 1.29 is 26.3 Å². The minimum Gasteiger partial charge on any atom is -0.360 e. The largest absolute Gasteiger partial charge is 0.416 e. The Labute approximate surface area is 231 Å². The molecule has 2 N–H and O–H groups in total. The number of anilines is 1. The van der Waals surface area contributed by atoms with Crippen molar-refractivity contribution in [1.82, 2.24) is 5.32 Å². The lowest BCUT2D eigenvalue weighted by Crippen LogP contribution is -2.44. The lowest BCUT2D eigenvalue weighted by molar-refractivity contribution is -0.143. The van der Waals surface area contributed by atoms with Gasteiger partial charge in [0, 0.05) is 11.7 Å². The van der Waals surface area contributed by atoms with Crippen LogP contribution in [0.5, 0.6) is 0 Å². The normalized spacial score (nSPS) is 20.6. The van der Waals surface area contributed by atoms with Crippen molar-refractivity contribution in [2.45, 2.75) is 50.7 Å². The molecule has 10 heteroatoms. The molecule has 0 aliphatic heterocycles. The summed E-state index contributed by atoms with van der Waals surface area (Å²) < 4.78 is 79.7. The summed E-state index contributed by atoms with van der Waals surface area (Å²) in [4.78, 5) is 0. The fraction of sp³-hybridized carbons (Fsp3) is 0.345. The molecular weight excluding hydrogens is 553 g/mol. The van der Waals surface area contributed by atoms with Gasteiger partial charge in [-0.25, -0.2) is 0 Å². The minimum absolute atomic E-state index is 0.0167. The SMILES string of the molecule is CC1CC[C@H]([C@H](C)NC(=S)Nc2cc(C(F)(F)F)cc(C(F)(F)F)c2)[C@@H]1P(c1ccccc1)c1ccccc1. The summed E-state index contributed by atoms with van der Waals surface area (Å²) in [6.45, 7) is 4.22. The summed E-state index contributed by atoms with van der Waals surface area (Å²) >= 11 is 5.36. The van der Waals surface area contributed by atoms with E-state index >= 15 is 0 Å². The monoisotopic (exact) mass is 582 g/mol. The van der Waals surface area contributed by atoms with Gasteiger partial charge in [-0.2, -0.15) is 26.3 Å². The fourth-order valence-corrected chi connectivity index (χ4v) is 9.11. The van der Waals surface area contributed by atoms with Crippen LogP contribution in [0.15, 0.2) is 78.9 Å². The molecule has 0 radical (unpaired) electrons. The molecule has 3 aromatic carbocycles. The van der Waals surface area contributed by atoms with Crippen molar-refractivity contribution in [2.75, 3.05) is 5.32 Å². The summed E-state index contributed by atoms with van der Waals surface area (Å²) in [5.41, 5.74) is -2.84. The fourth-order valence-electron chi connectivity index (χ4n) is 5.39. The summed E-state index contributed by atoms with van der Waals surface area (Å²) in [6, 6.07) is 21.9. The zero-order chi connectivity index (χ0) is 28.4. The van der Waals surface area contributed by atoms with E-state index in [1.165, 1.54) is 10.6 Å². The summed E-state index contributed by atoms with van der Waals surface area (Å²) in [6.07, 6.45) is -7.91. The van der Waals surface area contributed by atoms with Gasteiger partial charge in [-0.05, 0) is 86.2 Å². The molecule has 0 heterocycles. The van der Waals surface area contributed by atoms with Crippen molar-refractivity contribution in [3.05, 3.63) is 90.0 Å². The van der Waals surface area contributed by atoms with Crippen LogP contribution in [-0.4, -0.2) is 16.8 Å².